The van der Waals surface area contributed by atoms with Gasteiger partial charge in [0.25, 0.3) is 5.92 Å². The van der Waals surface area contributed by atoms with Gasteiger partial charge in [-0.2, -0.15) is 13.9 Å². The minimum Gasteiger partial charge on any atom is -0.379 e. The molecule has 1 aliphatic heterocycles. The molecule has 4 aromatic rings. The number of halogens is 2. The second-order valence-corrected chi connectivity index (χ2v) is 9.70. The van der Waals surface area contributed by atoms with E-state index >= 15 is 0 Å². The van der Waals surface area contributed by atoms with Gasteiger partial charge in [-0.05, 0) is 23.3 Å². The zero-order valence-corrected chi connectivity index (χ0v) is 19.5. The average molecular weight is 483 g/mol. The summed E-state index contributed by atoms with van der Waals surface area (Å²) in [6.45, 7) is 1.70. The average Bonchev–Trinajstić information content (AvgIpc) is 3.28. The summed E-state index contributed by atoms with van der Waals surface area (Å²) >= 11 is 0. The topological polar surface area (TPSA) is 59.7 Å². The van der Waals surface area contributed by atoms with Gasteiger partial charge in [-0.15, -0.1) is 0 Å². The molecule has 2 aromatic heterocycles. The Kier molecular flexibility index (Phi) is 6.24. The first-order chi connectivity index (χ1) is 16.4. The van der Waals surface area contributed by atoms with E-state index in [2.05, 4.69) is 10.1 Å². The molecule has 34 heavy (non-hydrogen) atoms. The van der Waals surface area contributed by atoms with Gasteiger partial charge in [-0.3, -0.25) is 9.11 Å². The Hall–Kier alpha value is -3.01. The number of hydrogen-bond acceptors (Lipinski definition) is 5. The summed E-state index contributed by atoms with van der Waals surface area (Å²) < 4.78 is 48.3. The molecule has 1 atom stereocenters. The number of alkyl halides is 2. The number of fused-ring (bicyclic) bond motifs is 1. The molecule has 0 N–H and O–H groups in total. The molecule has 0 amide bonds. The van der Waals surface area contributed by atoms with Crippen LogP contribution in [0.2, 0.25) is 0 Å². The summed E-state index contributed by atoms with van der Waals surface area (Å²) in [6.07, 6.45) is 6.90. The third-order valence-corrected chi connectivity index (χ3v) is 6.92. The standard InChI is InChI=1S/C25H24F2N4O2S/c1-34(32)22-4-2-3-19(13-22)23-15-29-31-16-20(14-28-24(23)31)18-5-7-21(8-6-18)25(26,27)17-30-9-11-33-12-10-30/h2-8,13-16H,9-12,17H2,1H3. The number of benzene rings is 2. The molecule has 6 nitrogen and oxygen atoms in total. The highest BCUT2D eigenvalue weighted by Gasteiger charge is 2.34. The number of rotatable bonds is 6. The summed E-state index contributed by atoms with van der Waals surface area (Å²) in [7, 11) is -1.08. The number of ether oxygens (including phenoxy) is 1. The quantitative estimate of drug-likeness (QED) is 0.412. The molecule has 1 aliphatic rings. The van der Waals surface area contributed by atoms with Crippen molar-refractivity contribution >= 4 is 16.4 Å². The van der Waals surface area contributed by atoms with Crippen LogP contribution in [0.15, 0.2) is 72.0 Å². The predicted octanol–water partition coefficient (Wildman–Crippen LogP) is 4.22. The highest BCUT2D eigenvalue weighted by Crippen LogP contribution is 2.32. The van der Waals surface area contributed by atoms with Crippen molar-refractivity contribution in [1.29, 1.82) is 0 Å². The van der Waals surface area contributed by atoms with Crippen LogP contribution in [0, 0.1) is 0 Å². The van der Waals surface area contributed by atoms with Crippen LogP contribution in [0.3, 0.4) is 0 Å². The number of aromatic nitrogens is 3. The SMILES string of the molecule is CS(=O)c1cccc(-c2cnn3cc(-c4ccc(C(F)(F)CN5CCOCC5)cc4)cnc23)c1. The molecule has 0 saturated carbocycles. The Morgan fingerprint density at radius 2 is 1.79 bits per heavy atom. The lowest BCUT2D eigenvalue weighted by Gasteiger charge is -2.30. The van der Waals surface area contributed by atoms with Gasteiger partial charge < -0.3 is 4.74 Å². The van der Waals surface area contributed by atoms with Crippen molar-refractivity contribution in [3.8, 4) is 22.3 Å². The summed E-state index contributed by atoms with van der Waals surface area (Å²) in [5.41, 5.74) is 3.92. The Bertz CT molecular complexity index is 1330. The molecule has 1 unspecified atom stereocenters. The smallest absolute Gasteiger partial charge is 0.285 e. The molecular weight excluding hydrogens is 458 g/mol. The lowest BCUT2D eigenvalue weighted by Crippen LogP contribution is -2.42. The first kappa shape index (κ1) is 22.8. The maximum atomic E-state index is 14.8. The normalized spacial score (nSPS) is 16.1. The molecule has 3 heterocycles. The van der Waals surface area contributed by atoms with E-state index in [1.165, 1.54) is 12.1 Å². The number of hydrogen-bond donors (Lipinski definition) is 0. The number of morpholine rings is 1. The van der Waals surface area contributed by atoms with Crippen LogP contribution >= 0.6 is 0 Å². The minimum atomic E-state index is -2.94. The fourth-order valence-electron chi connectivity index (χ4n) is 4.11. The molecule has 1 fully saturated rings. The molecule has 0 aliphatic carbocycles. The zero-order chi connectivity index (χ0) is 23.7. The van der Waals surface area contributed by atoms with Gasteiger partial charge in [-0.25, -0.2) is 9.50 Å². The highest BCUT2D eigenvalue weighted by atomic mass is 32.2. The van der Waals surface area contributed by atoms with E-state index in [-0.39, 0.29) is 12.1 Å². The van der Waals surface area contributed by atoms with E-state index in [0.717, 1.165) is 27.1 Å². The molecule has 5 rings (SSSR count). The van der Waals surface area contributed by atoms with Gasteiger partial charge in [0.05, 0.1) is 26.0 Å². The van der Waals surface area contributed by atoms with E-state index in [1.807, 2.05) is 30.5 Å². The summed E-state index contributed by atoms with van der Waals surface area (Å²) in [5, 5.41) is 4.42. The van der Waals surface area contributed by atoms with Crippen LogP contribution < -0.4 is 0 Å². The first-order valence-corrected chi connectivity index (χ1v) is 12.5. The van der Waals surface area contributed by atoms with Gasteiger partial charge in [-0.1, -0.05) is 36.4 Å². The maximum Gasteiger partial charge on any atom is 0.285 e. The highest BCUT2D eigenvalue weighted by molar-refractivity contribution is 7.84. The number of nitrogens with zero attached hydrogens (tertiary/aromatic N) is 4. The minimum absolute atomic E-state index is 0.00801. The van der Waals surface area contributed by atoms with Crippen molar-refractivity contribution in [3.05, 3.63) is 72.7 Å². The van der Waals surface area contributed by atoms with Gasteiger partial charge in [0.15, 0.2) is 5.65 Å². The fourth-order valence-corrected chi connectivity index (χ4v) is 4.67. The monoisotopic (exact) mass is 482 g/mol. The van der Waals surface area contributed by atoms with Crippen molar-refractivity contribution in [2.45, 2.75) is 10.8 Å². The van der Waals surface area contributed by atoms with E-state index < -0.39 is 16.7 Å². The van der Waals surface area contributed by atoms with Crippen LogP contribution in [-0.4, -0.2) is 62.8 Å². The molecule has 1 saturated heterocycles. The van der Waals surface area contributed by atoms with Crippen molar-refractivity contribution < 1.29 is 17.7 Å². The van der Waals surface area contributed by atoms with Crippen molar-refractivity contribution in [1.82, 2.24) is 19.5 Å². The van der Waals surface area contributed by atoms with Crippen LogP contribution in [-0.2, 0) is 21.5 Å². The molecule has 2 aromatic carbocycles. The Labute approximate surface area is 198 Å². The molecule has 176 valence electrons. The van der Waals surface area contributed by atoms with E-state index in [0.29, 0.717) is 32.0 Å². The van der Waals surface area contributed by atoms with Gasteiger partial charge in [0.2, 0.25) is 0 Å². The Balaban J connectivity index is 1.38. The van der Waals surface area contributed by atoms with Gasteiger partial charge >= 0.3 is 0 Å². The van der Waals surface area contributed by atoms with Crippen LogP contribution in [0.1, 0.15) is 5.56 Å². The molecule has 0 spiro atoms. The van der Waals surface area contributed by atoms with E-state index in [1.54, 1.807) is 40.2 Å². The molecular formula is C25H24F2N4O2S. The lowest BCUT2D eigenvalue weighted by molar-refractivity contribution is -0.0617. The Morgan fingerprint density at radius 3 is 2.53 bits per heavy atom. The van der Waals surface area contributed by atoms with Crippen molar-refractivity contribution in [2.75, 3.05) is 39.1 Å². The summed E-state index contributed by atoms with van der Waals surface area (Å²) in [4.78, 5) is 7.04. The fraction of sp³-hybridized carbons (Fsp3) is 0.280. The van der Waals surface area contributed by atoms with Gasteiger partial charge in [0.1, 0.15) is 0 Å². The lowest BCUT2D eigenvalue weighted by atomic mass is 10.0. The van der Waals surface area contributed by atoms with Crippen LogP contribution in [0.5, 0.6) is 0 Å². The predicted molar refractivity (Wildman–Crippen MR) is 127 cm³/mol. The van der Waals surface area contributed by atoms with Crippen molar-refractivity contribution in [3.63, 3.8) is 0 Å². The van der Waals surface area contributed by atoms with E-state index in [9.17, 15) is 13.0 Å². The van der Waals surface area contributed by atoms with E-state index in [4.69, 9.17) is 4.74 Å². The summed E-state index contributed by atoms with van der Waals surface area (Å²) in [6, 6.07) is 13.8. The zero-order valence-electron chi connectivity index (χ0n) is 18.7. The third-order valence-electron chi connectivity index (χ3n) is 6.00. The second-order valence-electron chi connectivity index (χ2n) is 8.32. The van der Waals surface area contributed by atoms with Crippen LogP contribution in [0.4, 0.5) is 8.78 Å². The third kappa shape index (κ3) is 4.64. The van der Waals surface area contributed by atoms with Crippen LogP contribution in [0.25, 0.3) is 27.9 Å². The molecule has 0 bridgehead atoms. The van der Waals surface area contributed by atoms with Gasteiger partial charge in [0, 0.05) is 64.1 Å². The summed E-state index contributed by atoms with van der Waals surface area (Å²) in [5.74, 6) is -2.94. The second kappa shape index (κ2) is 9.32. The molecule has 0 radical (unpaired) electrons. The molecule has 9 heteroatoms. The Morgan fingerprint density at radius 1 is 1.03 bits per heavy atom. The maximum absolute atomic E-state index is 14.8. The largest absolute Gasteiger partial charge is 0.379 e. The first-order valence-electron chi connectivity index (χ1n) is 11.0. The van der Waals surface area contributed by atoms with Crippen molar-refractivity contribution in [2.24, 2.45) is 0 Å².